The van der Waals surface area contributed by atoms with Gasteiger partial charge in [-0.05, 0) is 60.5 Å². The number of halogens is 1. The van der Waals surface area contributed by atoms with E-state index in [1.165, 1.54) is 0 Å². The summed E-state index contributed by atoms with van der Waals surface area (Å²) in [7, 11) is 0. The first kappa shape index (κ1) is 15.6. The van der Waals surface area contributed by atoms with Gasteiger partial charge < -0.3 is 14.6 Å². The van der Waals surface area contributed by atoms with Crippen molar-refractivity contribution in [3.05, 3.63) is 22.4 Å². The molecule has 2 aliphatic rings. The molecule has 1 amide bonds. The number of nitrogens with zero attached hydrogens (tertiary/aromatic N) is 2. The van der Waals surface area contributed by atoms with Gasteiger partial charge in [0, 0.05) is 29.8 Å². The fourth-order valence-corrected chi connectivity index (χ4v) is 3.90. The summed E-state index contributed by atoms with van der Waals surface area (Å²) in [5, 5.41) is 9.43. The first-order valence-corrected chi connectivity index (χ1v) is 8.57. The number of rotatable bonds is 4. The Morgan fingerprint density at radius 2 is 2.00 bits per heavy atom. The van der Waals surface area contributed by atoms with Crippen LogP contribution in [0.2, 0.25) is 0 Å². The highest BCUT2D eigenvalue weighted by molar-refractivity contribution is 9.10. The third-order valence-corrected chi connectivity index (χ3v) is 5.22. The van der Waals surface area contributed by atoms with Gasteiger partial charge in [0.15, 0.2) is 0 Å². The molecule has 0 spiro atoms. The largest absolute Gasteiger partial charge is 0.481 e. The third kappa shape index (κ3) is 2.81. The van der Waals surface area contributed by atoms with E-state index >= 15 is 0 Å². The minimum absolute atomic E-state index is 0.0613. The van der Waals surface area contributed by atoms with E-state index in [0.29, 0.717) is 24.7 Å². The number of carbonyl (C=O) groups is 2. The average Bonchev–Trinajstić information content (AvgIpc) is 3.06. The minimum Gasteiger partial charge on any atom is -0.481 e. The standard InChI is InChI=1S/C16H21BrN2O3/c1-9(2)19-6-11(17)5-14(19)15(20)18-7-12(10-3-4-10)13(8-18)16(21)22/h5-6,9-10,12-13H,3-4,7-8H2,1-2H3,(H,21,22)/t12-,13+/m1/s1. The fraction of sp³-hybridized carbons (Fsp3) is 0.625. The van der Waals surface area contributed by atoms with Gasteiger partial charge in [-0.3, -0.25) is 9.59 Å². The summed E-state index contributed by atoms with van der Waals surface area (Å²) >= 11 is 3.42. The maximum Gasteiger partial charge on any atom is 0.308 e. The topological polar surface area (TPSA) is 62.5 Å². The Morgan fingerprint density at radius 1 is 1.32 bits per heavy atom. The van der Waals surface area contributed by atoms with Gasteiger partial charge >= 0.3 is 5.97 Å². The molecule has 1 aromatic rings. The van der Waals surface area contributed by atoms with E-state index in [2.05, 4.69) is 15.9 Å². The van der Waals surface area contributed by atoms with Crippen LogP contribution < -0.4 is 0 Å². The van der Waals surface area contributed by atoms with Crippen LogP contribution in [0.4, 0.5) is 0 Å². The number of likely N-dealkylation sites (tertiary alicyclic amines) is 1. The van der Waals surface area contributed by atoms with Crippen LogP contribution in [0.15, 0.2) is 16.7 Å². The number of amides is 1. The predicted octanol–water partition coefficient (Wildman–Crippen LogP) is 3.01. The number of aliphatic carboxylic acids is 1. The zero-order chi connectivity index (χ0) is 16.0. The summed E-state index contributed by atoms with van der Waals surface area (Å²) in [5.41, 5.74) is 0.627. The van der Waals surface area contributed by atoms with Crippen LogP contribution in [-0.2, 0) is 4.79 Å². The molecule has 0 bridgehead atoms. The van der Waals surface area contributed by atoms with Crippen LogP contribution in [0.5, 0.6) is 0 Å². The van der Waals surface area contributed by atoms with Crippen molar-refractivity contribution in [1.29, 1.82) is 0 Å². The van der Waals surface area contributed by atoms with E-state index in [4.69, 9.17) is 0 Å². The normalized spacial score (nSPS) is 25.0. The van der Waals surface area contributed by atoms with E-state index in [1.807, 2.05) is 30.7 Å². The molecule has 2 heterocycles. The SMILES string of the molecule is CC(C)n1cc(Br)cc1C(=O)N1C[C@H](C(=O)O)[C@@H](C2CC2)C1. The van der Waals surface area contributed by atoms with Gasteiger partial charge in [0.05, 0.1) is 5.92 Å². The molecule has 120 valence electrons. The molecule has 2 atom stereocenters. The highest BCUT2D eigenvalue weighted by atomic mass is 79.9. The van der Waals surface area contributed by atoms with Gasteiger partial charge in [0.25, 0.3) is 5.91 Å². The molecule has 6 heteroatoms. The number of aromatic nitrogens is 1. The molecule has 1 saturated carbocycles. The van der Waals surface area contributed by atoms with Crippen molar-refractivity contribution in [2.75, 3.05) is 13.1 Å². The summed E-state index contributed by atoms with van der Waals surface area (Å²) in [6, 6.07) is 2.00. The van der Waals surface area contributed by atoms with Gasteiger partial charge in [-0.15, -0.1) is 0 Å². The summed E-state index contributed by atoms with van der Waals surface area (Å²) in [4.78, 5) is 26.0. The maximum atomic E-state index is 12.8. The highest BCUT2D eigenvalue weighted by Crippen LogP contribution is 2.44. The van der Waals surface area contributed by atoms with Gasteiger partial charge in [-0.1, -0.05) is 0 Å². The molecule has 1 aromatic heterocycles. The van der Waals surface area contributed by atoms with Crippen LogP contribution in [0, 0.1) is 17.8 Å². The molecule has 0 radical (unpaired) electrons. The first-order valence-electron chi connectivity index (χ1n) is 7.78. The Hall–Kier alpha value is -1.30. The van der Waals surface area contributed by atoms with Gasteiger partial charge in [-0.25, -0.2) is 0 Å². The zero-order valence-corrected chi connectivity index (χ0v) is 14.4. The molecule has 3 rings (SSSR count). The Labute approximate surface area is 138 Å². The average molecular weight is 369 g/mol. The predicted molar refractivity (Wildman–Crippen MR) is 85.8 cm³/mol. The van der Waals surface area contributed by atoms with Crippen molar-refractivity contribution in [2.45, 2.75) is 32.7 Å². The smallest absolute Gasteiger partial charge is 0.308 e. The molecule has 1 aliphatic heterocycles. The lowest BCUT2D eigenvalue weighted by molar-refractivity contribution is -0.142. The summed E-state index contributed by atoms with van der Waals surface area (Å²) in [5.74, 6) is -0.640. The molecule has 1 aliphatic carbocycles. The van der Waals surface area contributed by atoms with Crippen molar-refractivity contribution in [3.8, 4) is 0 Å². The number of hydrogen-bond donors (Lipinski definition) is 1. The van der Waals surface area contributed by atoms with Gasteiger partial charge in [-0.2, -0.15) is 0 Å². The second-order valence-electron chi connectivity index (χ2n) is 6.70. The molecule has 0 aromatic carbocycles. The number of hydrogen-bond acceptors (Lipinski definition) is 2. The van der Waals surface area contributed by atoms with Crippen LogP contribution in [0.25, 0.3) is 0 Å². The number of carboxylic acid groups (broad SMARTS) is 1. The molecule has 1 saturated heterocycles. The van der Waals surface area contributed by atoms with Crippen molar-refractivity contribution in [2.24, 2.45) is 17.8 Å². The molecule has 0 unspecified atom stereocenters. The Kier molecular flexibility index (Phi) is 4.05. The molecule has 22 heavy (non-hydrogen) atoms. The van der Waals surface area contributed by atoms with E-state index < -0.39 is 11.9 Å². The molecule has 1 N–H and O–H groups in total. The Morgan fingerprint density at radius 3 is 2.55 bits per heavy atom. The lowest BCUT2D eigenvalue weighted by atomic mass is 9.92. The van der Waals surface area contributed by atoms with Gasteiger partial charge in [0.2, 0.25) is 0 Å². The van der Waals surface area contributed by atoms with E-state index in [9.17, 15) is 14.7 Å². The van der Waals surface area contributed by atoms with Crippen LogP contribution in [0.3, 0.4) is 0 Å². The Bertz CT molecular complexity index is 607. The van der Waals surface area contributed by atoms with E-state index in [1.54, 1.807) is 4.90 Å². The fourth-order valence-electron chi connectivity index (χ4n) is 3.46. The minimum atomic E-state index is -0.771. The van der Waals surface area contributed by atoms with Crippen molar-refractivity contribution in [1.82, 2.24) is 9.47 Å². The maximum absolute atomic E-state index is 12.8. The molecule has 2 fully saturated rings. The Balaban J connectivity index is 1.82. The summed E-state index contributed by atoms with van der Waals surface area (Å²) in [6.45, 7) is 4.96. The molecular formula is C16H21BrN2O3. The van der Waals surface area contributed by atoms with E-state index in [-0.39, 0.29) is 17.9 Å². The van der Waals surface area contributed by atoms with Crippen molar-refractivity contribution >= 4 is 27.8 Å². The monoisotopic (exact) mass is 368 g/mol. The second-order valence-corrected chi connectivity index (χ2v) is 7.62. The van der Waals surface area contributed by atoms with E-state index in [0.717, 1.165) is 17.3 Å². The molecule has 5 nitrogen and oxygen atoms in total. The summed E-state index contributed by atoms with van der Waals surface area (Å²) in [6.07, 6.45) is 4.11. The second kappa shape index (κ2) is 5.72. The number of carboxylic acids is 1. The number of carbonyl (C=O) groups excluding carboxylic acids is 1. The lowest BCUT2D eigenvalue weighted by Crippen LogP contribution is -2.31. The quantitative estimate of drug-likeness (QED) is 0.888. The summed E-state index contributed by atoms with van der Waals surface area (Å²) < 4.78 is 2.81. The van der Waals surface area contributed by atoms with Gasteiger partial charge in [0.1, 0.15) is 5.69 Å². The van der Waals surface area contributed by atoms with Crippen LogP contribution in [-0.4, -0.2) is 39.5 Å². The lowest BCUT2D eigenvalue weighted by Gasteiger charge is -2.19. The molecular weight excluding hydrogens is 348 g/mol. The third-order valence-electron chi connectivity index (χ3n) is 4.79. The first-order chi connectivity index (χ1) is 10.4. The van der Waals surface area contributed by atoms with Crippen LogP contribution in [0.1, 0.15) is 43.2 Å². The van der Waals surface area contributed by atoms with Crippen molar-refractivity contribution < 1.29 is 14.7 Å². The van der Waals surface area contributed by atoms with Crippen molar-refractivity contribution in [3.63, 3.8) is 0 Å². The zero-order valence-electron chi connectivity index (χ0n) is 12.8. The van der Waals surface area contributed by atoms with Crippen LogP contribution >= 0.6 is 15.9 Å². The highest BCUT2D eigenvalue weighted by Gasteiger charge is 2.47.